The van der Waals surface area contributed by atoms with Crippen molar-refractivity contribution in [3.05, 3.63) is 29.2 Å². The van der Waals surface area contributed by atoms with Gasteiger partial charge >= 0.3 is 0 Å². The van der Waals surface area contributed by atoms with Crippen LogP contribution < -0.4 is 0 Å². The van der Waals surface area contributed by atoms with Crippen molar-refractivity contribution in [3.8, 4) is 11.5 Å². The van der Waals surface area contributed by atoms with E-state index in [9.17, 15) is 0 Å². The van der Waals surface area contributed by atoms with Crippen molar-refractivity contribution in [2.75, 3.05) is 0 Å². The molecule has 0 bridgehead atoms. The highest BCUT2D eigenvalue weighted by atomic mass is 35.5. The number of pyridine rings is 1. The molecular weight excluding hydrogens is 204 g/mol. The SMILES string of the molecule is OCc1nc(-c2ccc(Cl)cn2)n[nH]1. The summed E-state index contributed by atoms with van der Waals surface area (Å²) >= 11 is 5.68. The molecule has 0 fully saturated rings. The van der Waals surface area contributed by atoms with Crippen molar-refractivity contribution < 1.29 is 5.11 Å². The van der Waals surface area contributed by atoms with Crippen molar-refractivity contribution in [1.82, 2.24) is 20.2 Å². The van der Waals surface area contributed by atoms with Crippen molar-refractivity contribution in [1.29, 1.82) is 0 Å². The highest BCUT2D eigenvalue weighted by Gasteiger charge is 2.05. The lowest BCUT2D eigenvalue weighted by Gasteiger charge is -1.92. The van der Waals surface area contributed by atoms with Crippen LogP contribution in [0.3, 0.4) is 0 Å². The predicted octanol–water partition coefficient (Wildman–Crippen LogP) is 1.01. The lowest BCUT2D eigenvalue weighted by Crippen LogP contribution is -1.86. The number of aliphatic hydroxyl groups excluding tert-OH is 1. The van der Waals surface area contributed by atoms with Gasteiger partial charge in [0.05, 0.1) is 5.02 Å². The Morgan fingerprint density at radius 2 is 2.29 bits per heavy atom. The minimum absolute atomic E-state index is 0.166. The van der Waals surface area contributed by atoms with Gasteiger partial charge in [-0.3, -0.25) is 10.1 Å². The van der Waals surface area contributed by atoms with Gasteiger partial charge in [0.2, 0.25) is 0 Å². The van der Waals surface area contributed by atoms with Crippen LogP contribution in [0.2, 0.25) is 5.02 Å². The third-order valence-corrected chi connectivity index (χ3v) is 1.86. The van der Waals surface area contributed by atoms with E-state index in [0.717, 1.165) is 0 Å². The summed E-state index contributed by atoms with van der Waals surface area (Å²) in [5.74, 6) is 0.863. The van der Waals surface area contributed by atoms with E-state index < -0.39 is 0 Å². The number of halogens is 1. The third kappa shape index (κ3) is 1.73. The molecule has 5 nitrogen and oxygen atoms in total. The average Bonchev–Trinajstić information content (AvgIpc) is 2.67. The fraction of sp³-hybridized carbons (Fsp3) is 0.125. The van der Waals surface area contributed by atoms with Crippen LogP contribution >= 0.6 is 11.6 Å². The second-order valence-corrected chi connectivity index (χ2v) is 3.06. The molecule has 14 heavy (non-hydrogen) atoms. The van der Waals surface area contributed by atoms with E-state index in [1.54, 1.807) is 12.1 Å². The van der Waals surface area contributed by atoms with Gasteiger partial charge in [0, 0.05) is 6.20 Å². The number of nitrogens with one attached hydrogen (secondary N) is 1. The lowest BCUT2D eigenvalue weighted by molar-refractivity contribution is 0.272. The highest BCUT2D eigenvalue weighted by Crippen LogP contribution is 2.14. The van der Waals surface area contributed by atoms with Crippen LogP contribution in [0.4, 0.5) is 0 Å². The van der Waals surface area contributed by atoms with Gasteiger partial charge in [0.1, 0.15) is 12.3 Å². The summed E-state index contributed by atoms with van der Waals surface area (Å²) in [5.41, 5.74) is 0.616. The van der Waals surface area contributed by atoms with Gasteiger partial charge in [0.25, 0.3) is 0 Å². The van der Waals surface area contributed by atoms with E-state index in [-0.39, 0.29) is 6.61 Å². The second kappa shape index (κ2) is 3.73. The van der Waals surface area contributed by atoms with E-state index in [1.807, 2.05) is 0 Å². The first kappa shape index (κ1) is 9.11. The molecule has 2 aromatic heterocycles. The summed E-state index contributed by atoms with van der Waals surface area (Å²) in [6, 6.07) is 3.42. The second-order valence-electron chi connectivity index (χ2n) is 2.63. The molecule has 0 aliphatic heterocycles. The number of rotatable bonds is 2. The summed E-state index contributed by atoms with van der Waals surface area (Å²) in [4.78, 5) is 8.04. The quantitative estimate of drug-likeness (QED) is 0.776. The van der Waals surface area contributed by atoms with Crippen molar-refractivity contribution in [2.24, 2.45) is 0 Å². The van der Waals surface area contributed by atoms with Crippen LogP contribution in [0.5, 0.6) is 0 Å². The summed E-state index contributed by atoms with van der Waals surface area (Å²) in [5, 5.41) is 15.8. The number of aromatic amines is 1. The fourth-order valence-electron chi connectivity index (χ4n) is 0.989. The van der Waals surface area contributed by atoms with E-state index >= 15 is 0 Å². The molecule has 0 atom stereocenters. The first-order chi connectivity index (χ1) is 6.79. The van der Waals surface area contributed by atoms with E-state index in [4.69, 9.17) is 16.7 Å². The summed E-state index contributed by atoms with van der Waals surface area (Å²) in [6.45, 7) is -0.166. The Labute approximate surface area is 84.8 Å². The molecule has 2 rings (SSSR count). The van der Waals surface area contributed by atoms with Gasteiger partial charge in [-0.25, -0.2) is 4.98 Å². The molecule has 0 amide bonds. The Balaban J connectivity index is 2.34. The molecule has 2 N–H and O–H groups in total. The van der Waals surface area contributed by atoms with Crippen LogP contribution in [-0.2, 0) is 6.61 Å². The first-order valence-electron chi connectivity index (χ1n) is 3.93. The lowest BCUT2D eigenvalue weighted by atomic mass is 10.3. The predicted molar refractivity (Wildman–Crippen MR) is 50.5 cm³/mol. The molecular formula is C8H7ClN4O. The highest BCUT2D eigenvalue weighted by molar-refractivity contribution is 6.30. The average molecular weight is 211 g/mol. The Morgan fingerprint density at radius 1 is 1.43 bits per heavy atom. The number of aliphatic hydroxyl groups is 1. The summed E-state index contributed by atoms with van der Waals surface area (Å²) in [7, 11) is 0. The Hall–Kier alpha value is -1.46. The molecule has 2 heterocycles. The molecule has 0 aromatic carbocycles. The Morgan fingerprint density at radius 3 is 2.86 bits per heavy atom. The van der Waals surface area contributed by atoms with E-state index in [2.05, 4.69) is 20.2 Å². The largest absolute Gasteiger partial charge is 0.388 e. The number of H-pyrrole nitrogens is 1. The fourth-order valence-corrected chi connectivity index (χ4v) is 1.10. The zero-order valence-electron chi connectivity index (χ0n) is 7.11. The summed E-state index contributed by atoms with van der Waals surface area (Å²) in [6.07, 6.45) is 1.52. The van der Waals surface area contributed by atoms with Gasteiger partial charge in [0.15, 0.2) is 11.6 Å². The standard InChI is InChI=1S/C8H7ClN4O/c9-5-1-2-6(10-3-5)8-11-7(4-14)12-13-8/h1-3,14H,4H2,(H,11,12,13). The van der Waals surface area contributed by atoms with Crippen LogP contribution in [0, 0.1) is 0 Å². The van der Waals surface area contributed by atoms with Gasteiger partial charge in [-0.1, -0.05) is 11.6 Å². The van der Waals surface area contributed by atoms with Crippen LogP contribution in [0.1, 0.15) is 5.82 Å². The zero-order valence-corrected chi connectivity index (χ0v) is 7.86. The molecule has 0 saturated carbocycles. The third-order valence-electron chi connectivity index (χ3n) is 1.64. The maximum Gasteiger partial charge on any atom is 0.199 e. The van der Waals surface area contributed by atoms with E-state index in [0.29, 0.717) is 22.4 Å². The molecule has 0 unspecified atom stereocenters. The van der Waals surface area contributed by atoms with Gasteiger partial charge in [-0.05, 0) is 12.1 Å². The Bertz CT molecular complexity index is 425. The molecule has 0 radical (unpaired) electrons. The molecule has 0 saturated heterocycles. The van der Waals surface area contributed by atoms with Crippen LogP contribution in [0.25, 0.3) is 11.5 Å². The zero-order chi connectivity index (χ0) is 9.97. The smallest absolute Gasteiger partial charge is 0.199 e. The van der Waals surface area contributed by atoms with Gasteiger partial charge < -0.3 is 5.11 Å². The molecule has 0 spiro atoms. The molecule has 6 heteroatoms. The number of aromatic nitrogens is 4. The van der Waals surface area contributed by atoms with E-state index in [1.165, 1.54) is 6.20 Å². The minimum atomic E-state index is -0.166. The molecule has 2 aromatic rings. The topological polar surface area (TPSA) is 74.7 Å². The minimum Gasteiger partial charge on any atom is -0.388 e. The Kier molecular flexibility index (Phi) is 2.43. The number of nitrogens with zero attached hydrogens (tertiary/aromatic N) is 3. The normalized spacial score (nSPS) is 10.4. The van der Waals surface area contributed by atoms with Crippen molar-refractivity contribution in [3.63, 3.8) is 0 Å². The molecule has 0 aliphatic carbocycles. The maximum atomic E-state index is 8.77. The van der Waals surface area contributed by atoms with Crippen molar-refractivity contribution in [2.45, 2.75) is 6.61 Å². The molecule has 0 aliphatic rings. The van der Waals surface area contributed by atoms with Crippen LogP contribution in [-0.4, -0.2) is 25.3 Å². The molecule has 72 valence electrons. The first-order valence-corrected chi connectivity index (χ1v) is 4.31. The van der Waals surface area contributed by atoms with Crippen LogP contribution in [0.15, 0.2) is 18.3 Å². The van der Waals surface area contributed by atoms with Crippen molar-refractivity contribution >= 4 is 11.6 Å². The number of hydrogen-bond acceptors (Lipinski definition) is 4. The van der Waals surface area contributed by atoms with Gasteiger partial charge in [-0.2, -0.15) is 5.10 Å². The number of hydrogen-bond donors (Lipinski definition) is 2. The monoisotopic (exact) mass is 210 g/mol. The van der Waals surface area contributed by atoms with Gasteiger partial charge in [-0.15, -0.1) is 0 Å². The summed E-state index contributed by atoms with van der Waals surface area (Å²) < 4.78 is 0. The maximum absolute atomic E-state index is 8.77.